The molecule has 0 unspecified atom stereocenters. The summed E-state index contributed by atoms with van der Waals surface area (Å²) in [4.78, 5) is 17.5. The Morgan fingerprint density at radius 1 is 1.00 bits per heavy atom. The second-order valence-corrected chi connectivity index (χ2v) is 3.93. The van der Waals surface area contributed by atoms with Crippen LogP contribution in [0.1, 0.15) is 0 Å². The van der Waals surface area contributed by atoms with Crippen LogP contribution in [0.3, 0.4) is 0 Å². The number of aromatic nitrogens is 2. The third-order valence-corrected chi connectivity index (χ3v) is 2.72. The molecule has 3 rings (SSSR count). The number of anilines is 2. The molecule has 0 fully saturated rings. The van der Waals surface area contributed by atoms with E-state index in [0.29, 0.717) is 5.82 Å². The third-order valence-electron chi connectivity index (χ3n) is 2.72. The molecule has 4 nitrogen and oxygen atoms in total. The summed E-state index contributed by atoms with van der Waals surface area (Å²) < 4.78 is 0. The molecule has 4 heteroatoms. The fourth-order valence-corrected chi connectivity index (χ4v) is 1.91. The van der Waals surface area contributed by atoms with Gasteiger partial charge in [-0.15, -0.1) is 0 Å². The van der Waals surface area contributed by atoms with Crippen LogP contribution >= 0.6 is 0 Å². The second-order valence-electron chi connectivity index (χ2n) is 3.93. The molecule has 0 radical (unpaired) electrons. The van der Waals surface area contributed by atoms with E-state index in [9.17, 15) is 4.79 Å². The Bertz CT molecular complexity index is 744. The van der Waals surface area contributed by atoms with Crippen LogP contribution in [0.2, 0.25) is 0 Å². The first-order valence-electron chi connectivity index (χ1n) is 5.63. The van der Waals surface area contributed by atoms with Crippen molar-refractivity contribution in [2.75, 3.05) is 5.32 Å². The molecule has 3 aromatic rings. The van der Waals surface area contributed by atoms with Crippen molar-refractivity contribution in [3.05, 3.63) is 65.2 Å². The van der Waals surface area contributed by atoms with Gasteiger partial charge in [0.25, 0.3) is 0 Å². The highest BCUT2D eigenvalue weighted by Gasteiger charge is 2.01. The number of rotatable bonds is 2. The second kappa shape index (κ2) is 4.33. The zero-order chi connectivity index (χ0) is 12.4. The Morgan fingerprint density at radius 3 is 2.72 bits per heavy atom. The van der Waals surface area contributed by atoms with Gasteiger partial charge in [0, 0.05) is 17.3 Å². The van der Waals surface area contributed by atoms with E-state index in [-0.39, 0.29) is 5.69 Å². The number of hydrogen-bond donors (Lipinski definition) is 2. The number of aromatic amines is 1. The lowest BCUT2D eigenvalue weighted by Gasteiger charge is -2.08. The van der Waals surface area contributed by atoms with Gasteiger partial charge in [0.2, 0.25) is 0 Å². The van der Waals surface area contributed by atoms with Crippen LogP contribution in [0, 0.1) is 0 Å². The highest BCUT2D eigenvalue weighted by molar-refractivity contribution is 5.95. The van der Waals surface area contributed by atoms with E-state index in [1.165, 1.54) is 0 Å². The number of nitrogens with one attached hydrogen (secondary N) is 2. The first-order valence-corrected chi connectivity index (χ1v) is 5.63. The predicted octanol–water partition coefficient (Wildman–Crippen LogP) is 2.67. The minimum Gasteiger partial charge on any atom is -0.340 e. The molecule has 0 saturated carbocycles. The van der Waals surface area contributed by atoms with Crippen molar-refractivity contribution in [3.63, 3.8) is 0 Å². The maximum atomic E-state index is 11.1. The molecule has 2 N–H and O–H groups in total. The van der Waals surface area contributed by atoms with Crippen LogP contribution in [0.15, 0.2) is 59.5 Å². The van der Waals surface area contributed by atoms with Gasteiger partial charge >= 0.3 is 5.69 Å². The molecule has 0 bridgehead atoms. The molecule has 1 heterocycles. The van der Waals surface area contributed by atoms with E-state index in [4.69, 9.17) is 0 Å². The van der Waals surface area contributed by atoms with E-state index in [2.05, 4.69) is 15.3 Å². The first-order chi connectivity index (χ1) is 8.83. The normalized spacial score (nSPS) is 10.4. The quantitative estimate of drug-likeness (QED) is 0.720. The molecule has 0 saturated heterocycles. The average molecular weight is 237 g/mol. The van der Waals surface area contributed by atoms with Crippen molar-refractivity contribution >= 4 is 22.3 Å². The van der Waals surface area contributed by atoms with E-state index < -0.39 is 0 Å². The third kappa shape index (κ3) is 1.96. The van der Waals surface area contributed by atoms with Crippen molar-refractivity contribution in [2.24, 2.45) is 0 Å². The fraction of sp³-hybridized carbons (Fsp3) is 0. The van der Waals surface area contributed by atoms with Crippen molar-refractivity contribution in [1.82, 2.24) is 9.97 Å². The van der Waals surface area contributed by atoms with Crippen molar-refractivity contribution in [2.45, 2.75) is 0 Å². The van der Waals surface area contributed by atoms with Gasteiger partial charge in [-0.3, -0.25) is 0 Å². The molecule has 0 spiro atoms. The Balaban J connectivity index is 2.07. The fourth-order valence-electron chi connectivity index (χ4n) is 1.91. The summed E-state index contributed by atoms with van der Waals surface area (Å²) in [7, 11) is 0. The summed E-state index contributed by atoms with van der Waals surface area (Å²) in [6, 6.07) is 15.8. The van der Waals surface area contributed by atoms with Gasteiger partial charge in [0.1, 0.15) is 5.82 Å². The van der Waals surface area contributed by atoms with Crippen LogP contribution in [-0.2, 0) is 0 Å². The summed E-state index contributed by atoms with van der Waals surface area (Å²) in [5.74, 6) is 0.537. The number of nitrogens with zero attached hydrogens (tertiary/aromatic N) is 1. The summed E-state index contributed by atoms with van der Waals surface area (Å²) in [5.41, 5.74) is 0.575. The average Bonchev–Trinajstić information content (AvgIpc) is 2.39. The van der Waals surface area contributed by atoms with Gasteiger partial charge in [-0.05, 0) is 17.5 Å². The molecule has 0 aliphatic rings. The van der Waals surface area contributed by atoms with Gasteiger partial charge in [-0.1, -0.05) is 36.4 Å². The Kier molecular flexibility index (Phi) is 2.53. The SMILES string of the molecule is O=c1nc(Nc2cccc3ccccc23)cc[nH]1. The molecule has 88 valence electrons. The van der Waals surface area contributed by atoms with Crippen LogP contribution in [-0.4, -0.2) is 9.97 Å². The van der Waals surface area contributed by atoms with Crippen LogP contribution in [0.25, 0.3) is 10.8 Å². The largest absolute Gasteiger partial charge is 0.346 e. The number of fused-ring (bicyclic) bond motifs is 1. The van der Waals surface area contributed by atoms with Crippen molar-refractivity contribution in [3.8, 4) is 0 Å². The molecule has 0 aliphatic carbocycles. The Hall–Kier alpha value is -2.62. The lowest BCUT2D eigenvalue weighted by Crippen LogP contribution is -2.10. The molecule has 0 amide bonds. The number of hydrogen-bond acceptors (Lipinski definition) is 3. The molecule has 2 aromatic carbocycles. The predicted molar refractivity (Wildman–Crippen MR) is 72.1 cm³/mol. The van der Waals surface area contributed by atoms with Gasteiger partial charge < -0.3 is 10.3 Å². The Morgan fingerprint density at radius 2 is 1.83 bits per heavy atom. The van der Waals surface area contributed by atoms with Crippen LogP contribution in [0.5, 0.6) is 0 Å². The lowest BCUT2D eigenvalue weighted by molar-refractivity contribution is 1.08. The van der Waals surface area contributed by atoms with Gasteiger partial charge in [-0.2, -0.15) is 4.98 Å². The Labute approximate surface area is 103 Å². The molecule has 0 aliphatic heterocycles. The van der Waals surface area contributed by atoms with Crippen LogP contribution in [0.4, 0.5) is 11.5 Å². The summed E-state index contributed by atoms with van der Waals surface area (Å²) in [5, 5.41) is 5.40. The topological polar surface area (TPSA) is 57.8 Å². The zero-order valence-corrected chi connectivity index (χ0v) is 9.55. The van der Waals surface area contributed by atoms with Crippen molar-refractivity contribution < 1.29 is 0 Å². The van der Waals surface area contributed by atoms with E-state index in [0.717, 1.165) is 16.5 Å². The monoisotopic (exact) mass is 237 g/mol. The summed E-state index contributed by atoms with van der Waals surface area (Å²) in [6.07, 6.45) is 1.57. The van der Waals surface area contributed by atoms with Crippen LogP contribution < -0.4 is 11.0 Å². The molecule has 18 heavy (non-hydrogen) atoms. The number of benzene rings is 2. The van der Waals surface area contributed by atoms with Gasteiger partial charge in [0.05, 0.1) is 0 Å². The molecular weight excluding hydrogens is 226 g/mol. The standard InChI is InChI=1S/C14H11N3O/c18-14-15-9-8-13(17-14)16-12-7-3-5-10-4-1-2-6-11(10)12/h1-9H,(H2,15,16,17,18). The number of H-pyrrole nitrogens is 1. The summed E-state index contributed by atoms with van der Waals surface area (Å²) in [6.45, 7) is 0. The molecule has 1 aromatic heterocycles. The smallest absolute Gasteiger partial charge is 0.340 e. The lowest BCUT2D eigenvalue weighted by atomic mass is 10.1. The maximum Gasteiger partial charge on any atom is 0.346 e. The van der Waals surface area contributed by atoms with E-state index in [1.807, 2.05) is 42.5 Å². The molecule has 0 atom stereocenters. The van der Waals surface area contributed by atoms with E-state index >= 15 is 0 Å². The van der Waals surface area contributed by atoms with Crippen molar-refractivity contribution in [1.29, 1.82) is 0 Å². The first kappa shape index (κ1) is 10.5. The highest BCUT2D eigenvalue weighted by Crippen LogP contribution is 2.24. The van der Waals surface area contributed by atoms with E-state index in [1.54, 1.807) is 12.3 Å². The maximum absolute atomic E-state index is 11.1. The zero-order valence-electron chi connectivity index (χ0n) is 9.55. The molecular formula is C14H11N3O. The van der Waals surface area contributed by atoms with Gasteiger partial charge in [0.15, 0.2) is 0 Å². The minimum absolute atomic E-state index is 0.361. The van der Waals surface area contributed by atoms with Gasteiger partial charge in [-0.25, -0.2) is 4.79 Å². The highest BCUT2D eigenvalue weighted by atomic mass is 16.1. The minimum atomic E-state index is -0.361. The summed E-state index contributed by atoms with van der Waals surface area (Å²) >= 11 is 0.